The van der Waals surface area contributed by atoms with Crippen LogP contribution in [-0.2, 0) is 14.9 Å². The van der Waals surface area contributed by atoms with Gasteiger partial charge in [-0.25, -0.2) is 4.72 Å². The molecule has 0 saturated carbocycles. The Balaban J connectivity index is 0.00000220. The lowest BCUT2D eigenvalue weighted by Crippen LogP contribution is -2.55. The number of ether oxygens (including phenoxy) is 1. The van der Waals surface area contributed by atoms with Crippen LogP contribution in [0.5, 0.6) is 0 Å². The lowest BCUT2D eigenvalue weighted by atomic mass is 9.99. The fraction of sp³-hybridized carbons (Fsp3) is 1.00. The van der Waals surface area contributed by atoms with Crippen molar-refractivity contribution < 1.29 is 13.2 Å². The highest BCUT2D eigenvalue weighted by atomic mass is 35.5. The molecule has 21 heavy (non-hydrogen) atoms. The first kappa shape index (κ1) is 19.1. The largest absolute Gasteiger partial charge is 0.383 e. The van der Waals surface area contributed by atoms with Crippen LogP contribution in [0.15, 0.2) is 0 Å². The van der Waals surface area contributed by atoms with Crippen LogP contribution in [0.2, 0.25) is 0 Å². The van der Waals surface area contributed by atoms with Gasteiger partial charge in [-0.1, -0.05) is 6.92 Å². The SMILES string of the molecule is COCC1(CNS(=O)(=O)N2CCCC(C)C2)CCCN1.Cl. The molecule has 2 rings (SSSR count). The molecule has 2 atom stereocenters. The number of halogens is 1. The van der Waals surface area contributed by atoms with E-state index in [1.165, 1.54) is 0 Å². The van der Waals surface area contributed by atoms with Gasteiger partial charge in [0.15, 0.2) is 0 Å². The van der Waals surface area contributed by atoms with Gasteiger partial charge in [0, 0.05) is 26.7 Å². The molecule has 0 aliphatic carbocycles. The Morgan fingerprint density at radius 3 is 2.76 bits per heavy atom. The van der Waals surface area contributed by atoms with Gasteiger partial charge in [0.1, 0.15) is 0 Å². The van der Waals surface area contributed by atoms with E-state index in [1.54, 1.807) is 11.4 Å². The number of hydrogen-bond acceptors (Lipinski definition) is 4. The number of piperidine rings is 1. The van der Waals surface area contributed by atoms with E-state index in [0.717, 1.165) is 32.2 Å². The molecule has 6 nitrogen and oxygen atoms in total. The summed E-state index contributed by atoms with van der Waals surface area (Å²) in [7, 11) is -1.72. The molecule has 2 saturated heterocycles. The van der Waals surface area contributed by atoms with Crippen molar-refractivity contribution in [1.82, 2.24) is 14.3 Å². The molecule has 0 bridgehead atoms. The maximum atomic E-state index is 12.4. The Morgan fingerprint density at radius 2 is 2.19 bits per heavy atom. The van der Waals surface area contributed by atoms with Gasteiger partial charge < -0.3 is 10.1 Å². The van der Waals surface area contributed by atoms with E-state index < -0.39 is 10.2 Å². The molecule has 2 heterocycles. The predicted molar refractivity (Wildman–Crippen MR) is 86.0 cm³/mol. The van der Waals surface area contributed by atoms with E-state index >= 15 is 0 Å². The van der Waals surface area contributed by atoms with Crippen molar-refractivity contribution in [2.75, 3.05) is 39.9 Å². The predicted octanol–water partition coefficient (Wildman–Crippen LogP) is 0.743. The van der Waals surface area contributed by atoms with Crippen LogP contribution in [-0.4, -0.2) is 58.2 Å². The standard InChI is InChI=1S/C13H27N3O3S.ClH/c1-12-5-3-8-16(9-12)20(17,18)15-10-13(11-19-2)6-4-7-14-13;/h12,14-15H,3-11H2,1-2H3;1H. The molecule has 2 fully saturated rings. The highest BCUT2D eigenvalue weighted by Gasteiger charge is 2.36. The summed E-state index contributed by atoms with van der Waals surface area (Å²) < 4.78 is 34.4. The molecule has 0 amide bonds. The van der Waals surface area contributed by atoms with Crippen molar-refractivity contribution in [2.24, 2.45) is 5.92 Å². The van der Waals surface area contributed by atoms with Crippen molar-refractivity contribution >= 4 is 22.6 Å². The second kappa shape index (κ2) is 8.08. The van der Waals surface area contributed by atoms with Gasteiger partial charge >= 0.3 is 0 Å². The third-order valence-electron chi connectivity index (χ3n) is 4.31. The van der Waals surface area contributed by atoms with Crippen molar-refractivity contribution in [1.29, 1.82) is 0 Å². The van der Waals surface area contributed by atoms with Crippen molar-refractivity contribution in [3.05, 3.63) is 0 Å². The molecule has 0 radical (unpaired) electrons. The van der Waals surface area contributed by atoms with Crippen LogP contribution >= 0.6 is 12.4 Å². The van der Waals surface area contributed by atoms with E-state index in [-0.39, 0.29) is 17.9 Å². The first-order valence-corrected chi connectivity index (χ1v) is 8.90. The Hall–Kier alpha value is 0.0800. The Bertz CT molecular complexity index is 413. The fourth-order valence-corrected chi connectivity index (χ4v) is 4.62. The molecular formula is C13H28ClN3O3S. The van der Waals surface area contributed by atoms with E-state index in [4.69, 9.17) is 4.74 Å². The second-order valence-corrected chi connectivity index (χ2v) is 7.93. The van der Waals surface area contributed by atoms with Gasteiger partial charge in [-0.15, -0.1) is 12.4 Å². The summed E-state index contributed by atoms with van der Waals surface area (Å²) in [5.74, 6) is 0.442. The third kappa shape index (κ3) is 5.04. The van der Waals surface area contributed by atoms with E-state index in [0.29, 0.717) is 32.2 Å². The fourth-order valence-electron chi connectivity index (χ4n) is 3.16. The van der Waals surface area contributed by atoms with Gasteiger partial charge in [0.05, 0.1) is 12.1 Å². The smallest absolute Gasteiger partial charge is 0.279 e. The zero-order valence-corrected chi connectivity index (χ0v) is 14.6. The van der Waals surface area contributed by atoms with E-state index in [9.17, 15) is 8.42 Å². The lowest BCUT2D eigenvalue weighted by Gasteiger charge is -2.33. The first-order chi connectivity index (χ1) is 9.47. The second-order valence-electron chi connectivity index (χ2n) is 6.18. The first-order valence-electron chi connectivity index (χ1n) is 7.46. The third-order valence-corrected chi connectivity index (χ3v) is 5.83. The minimum absolute atomic E-state index is 0. The van der Waals surface area contributed by atoms with Gasteiger partial charge in [-0.2, -0.15) is 12.7 Å². The molecule has 2 unspecified atom stereocenters. The molecule has 2 aliphatic heterocycles. The van der Waals surface area contributed by atoms with Gasteiger partial charge in [-0.05, 0) is 38.1 Å². The molecule has 0 aromatic rings. The number of nitrogens with zero attached hydrogens (tertiary/aromatic N) is 1. The average Bonchev–Trinajstić information content (AvgIpc) is 2.86. The maximum absolute atomic E-state index is 12.4. The Morgan fingerprint density at radius 1 is 1.43 bits per heavy atom. The summed E-state index contributed by atoms with van der Waals surface area (Å²) in [6, 6.07) is 0. The summed E-state index contributed by atoms with van der Waals surface area (Å²) in [6.45, 7) is 5.21. The van der Waals surface area contributed by atoms with Crippen LogP contribution in [0.1, 0.15) is 32.6 Å². The lowest BCUT2D eigenvalue weighted by molar-refractivity contribution is 0.122. The summed E-state index contributed by atoms with van der Waals surface area (Å²) in [5, 5.41) is 3.38. The molecule has 2 N–H and O–H groups in total. The van der Waals surface area contributed by atoms with Gasteiger partial charge in [0.2, 0.25) is 0 Å². The average molecular weight is 342 g/mol. The molecule has 0 aromatic heterocycles. The Kier molecular flexibility index (Phi) is 7.36. The van der Waals surface area contributed by atoms with Gasteiger partial charge in [-0.3, -0.25) is 0 Å². The number of rotatable bonds is 6. The summed E-state index contributed by atoms with van der Waals surface area (Å²) >= 11 is 0. The summed E-state index contributed by atoms with van der Waals surface area (Å²) in [4.78, 5) is 0. The zero-order chi connectivity index (χ0) is 14.6. The molecule has 2 aliphatic rings. The Labute approximate surface area is 134 Å². The molecule has 8 heteroatoms. The van der Waals surface area contributed by atoms with Crippen molar-refractivity contribution in [2.45, 2.75) is 38.1 Å². The topological polar surface area (TPSA) is 70.7 Å². The normalized spacial score (nSPS) is 31.0. The van der Waals surface area contributed by atoms with Crippen LogP contribution in [0.25, 0.3) is 0 Å². The number of nitrogens with one attached hydrogen (secondary N) is 2. The number of methoxy groups -OCH3 is 1. The van der Waals surface area contributed by atoms with E-state index in [2.05, 4.69) is 17.0 Å². The quantitative estimate of drug-likeness (QED) is 0.747. The van der Waals surface area contributed by atoms with Crippen LogP contribution in [0.3, 0.4) is 0 Å². The van der Waals surface area contributed by atoms with E-state index in [1.807, 2.05) is 0 Å². The monoisotopic (exact) mass is 341 g/mol. The number of hydrogen-bond donors (Lipinski definition) is 2. The minimum atomic E-state index is -3.37. The maximum Gasteiger partial charge on any atom is 0.279 e. The van der Waals surface area contributed by atoms with Crippen LogP contribution in [0, 0.1) is 5.92 Å². The molecule has 0 aromatic carbocycles. The van der Waals surface area contributed by atoms with Crippen molar-refractivity contribution in [3.8, 4) is 0 Å². The minimum Gasteiger partial charge on any atom is -0.383 e. The van der Waals surface area contributed by atoms with Gasteiger partial charge in [0.25, 0.3) is 10.2 Å². The highest BCUT2D eigenvalue weighted by Crippen LogP contribution is 2.21. The molecule has 0 spiro atoms. The molecule has 126 valence electrons. The van der Waals surface area contributed by atoms with Crippen molar-refractivity contribution in [3.63, 3.8) is 0 Å². The van der Waals surface area contributed by atoms with Crippen LogP contribution < -0.4 is 10.0 Å². The molecular weight excluding hydrogens is 314 g/mol. The highest BCUT2D eigenvalue weighted by molar-refractivity contribution is 7.87. The summed E-state index contributed by atoms with van der Waals surface area (Å²) in [5.41, 5.74) is -0.247. The van der Waals surface area contributed by atoms with Crippen LogP contribution in [0.4, 0.5) is 0 Å². The zero-order valence-electron chi connectivity index (χ0n) is 12.9. The summed E-state index contributed by atoms with van der Waals surface area (Å²) in [6.07, 6.45) is 4.07.